The Balaban J connectivity index is 2.26. The van der Waals surface area contributed by atoms with Crippen LogP contribution in [0.3, 0.4) is 0 Å². The highest BCUT2D eigenvalue weighted by molar-refractivity contribution is 7.71. The van der Waals surface area contributed by atoms with Crippen molar-refractivity contribution < 1.29 is 24.1 Å². The van der Waals surface area contributed by atoms with Crippen LogP contribution in [0, 0.1) is 4.64 Å². The van der Waals surface area contributed by atoms with Crippen LogP contribution in [0.25, 0.3) is 10.9 Å². The zero-order valence-corrected chi connectivity index (χ0v) is 11.4. The van der Waals surface area contributed by atoms with Crippen molar-refractivity contribution in [3.05, 3.63) is 22.3 Å². The van der Waals surface area contributed by atoms with E-state index in [0.29, 0.717) is 22.4 Å². The van der Waals surface area contributed by atoms with Crippen LogP contribution in [0.5, 0.6) is 17.2 Å². The zero-order valence-electron chi connectivity index (χ0n) is 10.6. The molecule has 0 aliphatic carbocycles. The van der Waals surface area contributed by atoms with E-state index in [9.17, 15) is 9.90 Å². The number of carbonyl (C=O) groups is 1. The maximum Gasteiger partial charge on any atom is 0.344 e. The molecule has 0 unspecified atom stereocenters. The fourth-order valence-electron chi connectivity index (χ4n) is 2.06. The first-order chi connectivity index (χ1) is 9.61. The summed E-state index contributed by atoms with van der Waals surface area (Å²) in [5.41, 5.74) is 0.512. The van der Waals surface area contributed by atoms with Gasteiger partial charge in [-0.3, -0.25) is 0 Å². The quantitative estimate of drug-likeness (QED) is 0.654. The lowest BCUT2D eigenvalue weighted by Gasteiger charge is -2.09. The molecule has 1 aliphatic rings. The number of esters is 1. The molecular formula is C13H11NO5S. The Bertz CT molecular complexity index is 767. The minimum Gasteiger partial charge on any atom is -0.506 e. The second-order valence-corrected chi connectivity index (χ2v) is 4.56. The number of hydrogen-bond acceptors (Lipinski definition) is 6. The first-order valence-corrected chi connectivity index (χ1v) is 6.38. The molecule has 104 valence electrons. The molecule has 0 fully saturated rings. The molecule has 2 N–H and O–H groups in total. The SMILES string of the molecule is CCOC(=O)c1c(O)c2cc3c(cc2[nH]c1=S)OCO3. The third-order valence-electron chi connectivity index (χ3n) is 2.96. The minimum atomic E-state index is -0.661. The molecule has 0 amide bonds. The van der Waals surface area contributed by atoms with Gasteiger partial charge in [0.05, 0.1) is 12.1 Å². The van der Waals surface area contributed by atoms with Crippen LogP contribution in [0.4, 0.5) is 0 Å². The standard InChI is InChI=1S/C13H11NO5S/c1-2-17-13(16)10-11(15)6-3-8-9(19-5-18-8)4-7(6)14-12(10)20/h3-4H,2,5H2,1H3,(H2,14,15,20). The molecule has 0 saturated carbocycles. The van der Waals surface area contributed by atoms with Gasteiger partial charge in [-0.05, 0) is 13.0 Å². The van der Waals surface area contributed by atoms with Crippen molar-refractivity contribution in [3.63, 3.8) is 0 Å². The lowest BCUT2D eigenvalue weighted by Crippen LogP contribution is -2.07. The van der Waals surface area contributed by atoms with Crippen LogP contribution in [0.15, 0.2) is 12.1 Å². The van der Waals surface area contributed by atoms with Gasteiger partial charge in [-0.25, -0.2) is 4.79 Å². The van der Waals surface area contributed by atoms with Crippen molar-refractivity contribution in [2.45, 2.75) is 6.92 Å². The summed E-state index contributed by atoms with van der Waals surface area (Å²) in [6.45, 7) is 2.00. The smallest absolute Gasteiger partial charge is 0.344 e. The Morgan fingerprint density at radius 2 is 2.15 bits per heavy atom. The van der Waals surface area contributed by atoms with E-state index in [2.05, 4.69) is 4.98 Å². The van der Waals surface area contributed by atoms with Gasteiger partial charge in [0.15, 0.2) is 11.5 Å². The van der Waals surface area contributed by atoms with Crippen molar-refractivity contribution >= 4 is 29.1 Å². The Kier molecular flexibility index (Phi) is 2.98. The maximum absolute atomic E-state index is 11.8. The number of rotatable bonds is 2. The number of carbonyl (C=O) groups excluding carboxylic acids is 1. The molecule has 1 aromatic carbocycles. The van der Waals surface area contributed by atoms with Crippen molar-refractivity contribution in [2.75, 3.05) is 13.4 Å². The summed E-state index contributed by atoms with van der Waals surface area (Å²) in [6.07, 6.45) is 0. The molecule has 2 heterocycles. The maximum atomic E-state index is 11.8. The monoisotopic (exact) mass is 293 g/mol. The molecule has 1 aliphatic heterocycles. The highest BCUT2D eigenvalue weighted by Gasteiger charge is 2.21. The third-order valence-corrected chi connectivity index (χ3v) is 3.27. The minimum absolute atomic E-state index is 0.0479. The molecule has 0 bridgehead atoms. The second kappa shape index (κ2) is 4.68. The molecular weight excluding hydrogens is 282 g/mol. The number of fused-ring (bicyclic) bond motifs is 2. The largest absolute Gasteiger partial charge is 0.506 e. The van der Waals surface area contributed by atoms with Crippen LogP contribution in [0.2, 0.25) is 0 Å². The summed E-state index contributed by atoms with van der Waals surface area (Å²) in [4.78, 5) is 14.7. The number of benzene rings is 1. The van der Waals surface area contributed by atoms with Crippen molar-refractivity contribution in [3.8, 4) is 17.2 Å². The van der Waals surface area contributed by atoms with Crippen LogP contribution < -0.4 is 9.47 Å². The zero-order chi connectivity index (χ0) is 14.3. The van der Waals surface area contributed by atoms with E-state index in [0.717, 1.165) is 0 Å². The predicted octanol–water partition coefficient (Wildman–Crippen LogP) is 2.51. The summed E-state index contributed by atoms with van der Waals surface area (Å²) in [5, 5.41) is 10.7. The first-order valence-electron chi connectivity index (χ1n) is 5.97. The Hall–Kier alpha value is -2.28. The number of hydrogen-bond donors (Lipinski definition) is 2. The molecule has 7 heteroatoms. The summed E-state index contributed by atoms with van der Waals surface area (Å²) >= 11 is 5.10. The number of aromatic amines is 1. The average molecular weight is 293 g/mol. The van der Waals surface area contributed by atoms with E-state index in [1.165, 1.54) is 0 Å². The molecule has 1 aromatic heterocycles. The molecule has 3 rings (SSSR count). The highest BCUT2D eigenvalue weighted by Crippen LogP contribution is 2.39. The van der Waals surface area contributed by atoms with Gasteiger partial charge < -0.3 is 24.3 Å². The summed E-state index contributed by atoms with van der Waals surface area (Å²) in [7, 11) is 0. The van der Waals surface area contributed by atoms with Crippen LogP contribution in [-0.2, 0) is 4.74 Å². The fourth-order valence-corrected chi connectivity index (χ4v) is 2.35. The molecule has 2 aromatic rings. The number of nitrogens with one attached hydrogen (secondary N) is 1. The average Bonchev–Trinajstić information content (AvgIpc) is 2.84. The molecule has 20 heavy (non-hydrogen) atoms. The molecule has 0 saturated heterocycles. The Labute approximate surface area is 118 Å². The van der Waals surface area contributed by atoms with E-state index in [4.69, 9.17) is 26.4 Å². The second-order valence-electron chi connectivity index (χ2n) is 4.15. The van der Waals surface area contributed by atoms with E-state index >= 15 is 0 Å². The number of aromatic nitrogens is 1. The van der Waals surface area contributed by atoms with E-state index < -0.39 is 5.97 Å². The van der Waals surface area contributed by atoms with Gasteiger partial charge in [0.1, 0.15) is 16.0 Å². The van der Waals surface area contributed by atoms with Gasteiger partial charge >= 0.3 is 5.97 Å². The topological polar surface area (TPSA) is 80.8 Å². The summed E-state index contributed by atoms with van der Waals surface area (Å²) < 4.78 is 15.5. The van der Waals surface area contributed by atoms with Gasteiger partial charge in [0.25, 0.3) is 0 Å². The lowest BCUT2D eigenvalue weighted by molar-refractivity contribution is 0.0522. The van der Waals surface area contributed by atoms with Gasteiger partial charge in [0, 0.05) is 11.5 Å². The normalized spacial score (nSPS) is 12.7. The fraction of sp³-hybridized carbons (Fsp3) is 0.231. The van der Waals surface area contributed by atoms with Gasteiger partial charge in [-0.2, -0.15) is 0 Å². The molecule has 0 spiro atoms. The summed E-state index contributed by atoms with van der Waals surface area (Å²) in [5.74, 6) is 0.186. The van der Waals surface area contributed by atoms with Crippen LogP contribution in [0.1, 0.15) is 17.3 Å². The highest BCUT2D eigenvalue weighted by atomic mass is 32.1. The predicted molar refractivity (Wildman–Crippen MR) is 72.9 cm³/mol. The van der Waals surface area contributed by atoms with Crippen LogP contribution >= 0.6 is 12.2 Å². The van der Waals surface area contributed by atoms with Crippen molar-refractivity contribution in [1.29, 1.82) is 0 Å². The van der Waals surface area contributed by atoms with Gasteiger partial charge in [0.2, 0.25) is 6.79 Å². The van der Waals surface area contributed by atoms with Crippen molar-refractivity contribution in [2.24, 2.45) is 0 Å². The van der Waals surface area contributed by atoms with E-state index in [-0.39, 0.29) is 29.4 Å². The van der Waals surface area contributed by atoms with E-state index in [1.54, 1.807) is 19.1 Å². The number of aromatic hydroxyl groups is 1. The number of pyridine rings is 1. The first kappa shape index (κ1) is 12.7. The lowest BCUT2D eigenvalue weighted by atomic mass is 10.1. The Morgan fingerprint density at radius 1 is 1.45 bits per heavy atom. The third kappa shape index (κ3) is 1.87. The number of H-pyrrole nitrogens is 1. The van der Waals surface area contributed by atoms with Crippen molar-refractivity contribution in [1.82, 2.24) is 4.98 Å². The molecule has 0 atom stereocenters. The molecule has 6 nitrogen and oxygen atoms in total. The van der Waals surface area contributed by atoms with Gasteiger partial charge in [-0.1, -0.05) is 12.2 Å². The van der Waals surface area contributed by atoms with E-state index in [1.807, 2.05) is 0 Å². The Morgan fingerprint density at radius 3 is 2.85 bits per heavy atom. The number of ether oxygens (including phenoxy) is 3. The molecule has 0 radical (unpaired) electrons. The van der Waals surface area contributed by atoms with Crippen LogP contribution in [-0.4, -0.2) is 29.5 Å². The summed E-state index contributed by atoms with van der Waals surface area (Å²) in [6, 6.07) is 3.27. The van der Waals surface area contributed by atoms with Gasteiger partial charge in [-0.15, -0.1) is 0 Å².